The van der Waals surface area contributed by atoms with Crippen LogP contribution < -0.4 is 0 Å². The molecule has 3 rings (SSSR count). The fourth-order valence-electron chi connectivity index (χ4n) is 2.36. The van der Waals surface area contributed by atoms with Crippen molar-refractivity contribution in [3.8, 4) is 0 Å². The van der Waals surface area contributed by atoms with Crippen molar-refractivity contribution in [1.29, 1.82) is 0 Å². The summed E-state index contributed by atoms with van der Waals surface area (Å²) in [6, 6.07) is 22.8. The van der Waals surface area contributed by atoms with Crippen molar-refractivity contribution in [3.05, 3.63) is 101 Å². The van der Waals surface area contributed by atoms with Gasteiger partial charge in [-0.05, 0) is 31.2 Å². The van der Waals surface area contributed by atoms with Crippen LogP contribution in [-0.2, 0) is 10.0 Å². The lowest BCUT2D eigenvalue weighted by Gasteiger charge is -2.08. The maximum absolute atomic E-state index is 12.8. The number of nitrogens with zero attached hydrogens (tertiary/aromatic N) is 1. The summed E-state index contributed by atoms with van der Waals surface area (Å²) in [5.41, 5.74) is 2.79. The highest BCUT2D eigenvalue weighted by Gasteiger charge is 2.16. The van der Waals surface area contributed by atoms with Crippen molar-refractivity contribution < 1.29 is 8.42 Å². The molecule has 0 unspecified atom stereocenters. The number of benzene rings is 3. The molecule has 0 aliphatic rings. The number of sulfonamides is 1. The molecule has 126 valence electrons. The Kier molecular flexibility index (Phi) is 5.02. The van der Waals surface area contributed by atoms with Gasteiger partial charge in [0.1, 0.15) is 0 Å². The molecule has 3 aromatic carbocycles. The van der Waals surface area contributed by atoms with Gasteiger partial charge in [0.15, 0.2) is 0 Å². The minimum Gasteiger partial charge on any atom is -0.199 e. The molecule has 0 saturated heterocycles. The third-order valence-corrected chi connectivity index (χ3v) is 5.24. The molecule has 0 aromatic heterocycles. The Morgan fingerprint density at radius 2 is 1.36 bits per heavy atom. The van der Waals surface area contributed by atoms with Gasteiger partial charge in [0.25, 0.3) is 10.0 Å². The second-order valence-corrected chi connectivity index (χ2v) is 7.64. The Morgan fingerprint density at radius 1 is 0.800 bits per heavy atom. The zero-order valence-corrected chi connectivity index (χ0v) is 15.1. The Bertz CT molecular complexity index is 994. The Hall–Kier alpha value is -2.43. The lowest BCUT2D eigenvalue weighted by Crippen LogP contribution is -2.08. The van der Waals surface area contributed by atoms with Crippen LogP contribution in [0.5, 0.6) is 0 Å². The first-order valence-electron chi connectivity index (χ1n) is 7.69. The molecule has 3 nitrogen and oxygen atoms in total. The Morgan fingerprint density at radius 3 is 1.96 bits per heavy atom. The summed E-state index contributed by atoms with van der Waals surface area (Å²) in [4.78, 5) is 0.167. The first-order chi connectivity index (χ1) is 12.0. The molecule has 25 heavy (non-hydrogen) atoms. The van der Waals surface area contributed by atoms with Crippen LogP contribution in [0.2, 0.25) is 5.02 Å². The van der Waals surface area contributed by atoms with Crippen LogP contribution in [0.1, 0.15) is 16.7 Å². The SMILES string of the molecule is Cc1ccc(S(=O)(=O)/N=C(\c2ccccc2)c2ccc(Cl)cc2)cc1. The molecule has 0 N–H and O–H groups in total. The van der Waals surface area contributed by atoms with E-state index in [2.05, 4.69) is 4.40 Å². The van der Waals surface area contributed by atoms with E-state index >= 15 is 0 Å². The van der Waals surface area contributed by atoms with Crippen LogP contribution in [0.25, 0.3) is 0 Å². The van der Waals surface area contributed by atoms with E-state index in [1.54, 1.807) is 48.5 Å². The summed E-state index contributed by atoms with van der Waals surface area (Å²) in [6.45, 7) is 1.91. The number of halogens is 1. The molecule has 0 aliphatic carbocycles. The van der Waals surface area contributed by atoms with E-state index in [4.69, 9.17) is 11.6 Å². The summed E-state index contributed by atoms with van der Waals surface area (Å²) in [5.74, 6) is 0. The number of hydrogen-bond acceptors (Lipinski definition) is 2. The van der Waals surface area contributed by atoms with Crippen LogP contribution in [0, 0.1) is 6.92 Å². The number of rotatable bonds is 4. The normalized spacial score (nSPS) is 12.2. The molecule has 3 aromatic rings. The quantitative estimate of drug-likeness (QED) is 0.615. The van der Waals surface area contributed by atoms with Crippen molar-refractivity contribution in [2.75, 3.05) is 0 Å². The molecule has 5 heteroatoms. The predicted octanol–water partition coefficient (Wildman–Crippen LogP) is 4.87. The van der Waals surface area contributed by atoms with Crippen molar-refractivity contribution in [2.45, 2.75) is 11.8 Å². The molecule has 0 heterocycles. The molecule has 0 aliphatic heterocycles. The second kappa shape index (κ2) is 7.21. The fraction of sp³-hybridized carbons (Fsp3) is 0.0500. The fourth-order valence-corrected chi connectivity index (χ4v) is 3.52. The van der Waals surface area contributed by atoms with Gasteiger partial charge in [0.05, 0.1) is 10.6 Å². The van der Waals surface area contributed by atoms with E-state index < -0.39 is 10.0 Å². The van der Waals surface area contributed by atoms with Gasteiger partial charge in [-0.25, -0.2) is 0 Å². The highest BCUT2D eigenvalue weighted by atomic mass is 35.5. The van der Waals surface area contributed by atoms with Gasteiger partial charge in [0.2, 0.25) is 0 Å². The van der Waals surface area contributed by atoms with E-state index in [1.807, 2.05) is 37.3 Å². The molecule has 0 radical (unpaired) electrons. The standard InChI is InChI=1S/C20H16ClNO2S/c1-15-7-13-19(14-8-15)25(23,24)22-20(16-5-3-2-4-6-16)17-9-11-18(21)12-10-17/h2-14H,1H3/b22-20+. The summed E-state index contributed by atoms with van der Waals surface area (Å²) in [6.07, 6.45) is 0. The maximum atomic E-state index is 12.8. The van der Waals surface area contributed by atoms with E-state index in [1.165, 1.54) is 0 Å². The zero-order valence-electron chi connectivity index (χ0n) is 13.6. The average molecular weight is 370 g/mol. The van der Waals surface area contributed by atoms with Gasteiger partial charge < -0.3 is 0 Å². The van der Waals surface area contributed by atoms with E-state index in [0.717, 1.165) is 11.1 Å². The highest BCUT2D eigenvalue weighted by molar-refractivity contribution is 7.90. The molecule has 0 saturated carbocycles. The van der Waals surface area contributed by atoms with Gasteiger partial charge in [-0.3, -0.25) is 0 Å². The molecule has 0 spiro atoms. The maximum Gasteiger partial charge on any atom is 0.282 e. The molecule has 0 atom stereocenters. The number of aryl methyl sites for hydroxylation is 1. The zero-order chi connectivity index (χ0) is 17.9. The van der Waals surface area contributed by atoms with E-state index in [0.29, 0.717) is 16.3 Å². The van der Waals surface area contributed by atoms with Crippen molar-refractivity contribution >= 4 is 27.3 Å². The van der Waals surface area contributed by atoms with Gasteiger partial charge >= 0.3 is 0 Å². The lowest BCUT2D eigenvalue weighted by atomic mass is 10.0. The average Bonchev–Trinajstić information content (AvgIpc) is 2.62. The third-order valence-electron chi connectivity index (χ3n) is 3.70. The lowest BCUT2D eigenvalue weighted by molar-refractivity contribution is 0.598. The van der Waals surface area contributed by atoms with Crippen molar-refractivity contribution in [1.82, 2.24) is 0 Å². The first-order valence-corrected chi connectivity index (χ1v) is 9.50. The van der Waals surface area contributed by atoms with Crippen LogP contribution >= 0.6 is 11.6 Å². The molecular formula is C20H16ClNO2S. The van der Waals surface area contributed by atoms with Gasteiger partial charge in [-0.15, -0.1) is 0 Å². The van der Waals surface area contributed by atoms with E-state index in [9.17, 15) is 8.42 Å². The third kappa shape index (κ3) is 4.16. The van der Waals surface area contributed by atoms with Crippen molar-refractivity contribution in [2.24, 2.45) is 4.40 Å². The molecule has 0 fully saturated rings. The van der Waals surface area contributed by atoms with E-state index in [-0.39, 0.29) is 4.90 Å². The minimum absolute atomic E-state index is 0.167. The first kappa shape index (κ1) is 17.4. The minimum atomic E-state index is -3.83. The highest BCUT2D eigenvalue weighted by Crippen LogP contribution is 2.19. The second-order valence-electron chi connectivity index (χ2n) is 5.60. The van der Waals surface area contributed by atoms with Crippen LogP contribution in [0.3, 0.4) is 0 Å². The Balaban J connectivity index is 2.15. The molecular weight excluding hydrogens is 354 g/mol. The monoisotopic (exact) mass is 369 g/mol. The van der Waals surface area contributed by atoms with Gasteiger partial charge in [0, 0.05) is 16.1 Å². The summed E-state index contributed by atoms with van der Waals surface area (Å²) < 4.78 is 29.6. The van der Waals surface area contributed by atoms with Gasteiger partial charge in [-0.2, -0.15) is 12.8 Å². The van der Waals surface area contributed by atoms with Gasteiger partial charge in [-0.1, -0.05) is 71.8 Å². The summed E-state index contributed by atoms with van der Waals surface area (Å²) >= 11 is 5.95. The van der Waals surface area contributed by atoms with Crippen molar-refractivity contribution in [3.63, 3.8) is 0 Å². The Labute approximate surface area is 152 Å². The van der Waals surface area contributed by atoms with Crippen LogP contribution in [-0.4, -0.2) is 14.1 Å². The van der Waals surface area contributed by atoms with Crippen LogP contribution in [0.15, 0.2) is 88.2 Å². The molecule has 0 bridgehead atoms. The summed E-state index contributed by atoms with van der Waals surface area (Å²) in [7, 11) is -3.83. The predicted molar refractivity (Wildman–Crippen MR) is 102 cm³/mol. The largest absolute Gasteiger partial charge is 0.282 e. The summed E-state index contributed by atoms with van der Waals surface area (Å²) in [5, 5.41) is 0.581. The van der Waals surface area contributed by atoms with Crippen LogP contribution in [0.4, 0.5) is 0 Å². The molecule has 0 amide bonds. The smallest absolute Gasteiger partial charge is 0.199 e. The number of hydrogen-bond donors (Lipinski definition) is 0. The topological polar surface area (TPSA) is 46.5 Å².